The van der Waals surface area contributed by atoms with E-state index < -0.39 is 10.0 Å². The lowest BCUT2D eigenvalue weighted by molar-refractivity contribution is 0.418. The molecule has 0 fully saturated rings. The Balaban J connectivity index is 2.32. The van der Waals surface area contributed by atoms with Gasteiger partial charge in [0.05, 0.1) is 6.26 Å². The zero-order valence-electron chi connectivity index (χ0n) is 11.7. The van der Waals surface area contributed by atoms with Gasteiger partial charge < -0.3 is 5.32 Å². The number of rotatable bonds is 8. The lowest BCUT2D eigenvalue weighted by atomic mass is 10.2. The van der Waals surface area contributed by atoms with E-state index >= 15 is 0 Å². The van der Waals surface area contributed by atoms with Gasteiger partial charge in [-0.1, -0.05) is 24.6 Å². The van der Waals surface area contributed by atoms with E-state index in [1.54, 1.807) is 19.1 Å². The van der Waals surface area contributed by atoms with Crippen LogP contribution in [0.5, 0.6) is 0 Å². The molecule has 20 heavy (non-hydrogen) atoms. The Morgan fingerprint density at radius 1 is 1.40 bits per heavy atom. The van der Waals surface area contributed by atoms with E-state index in [9.17, 15) is 12.8 Å². The molecule has 0 saturated heterocycles. The molecule has 1 rings (SSSR count). The van der Waals surface area contributed by atoms with Gasteiger partial charge >= 0.3 is 0 Å². The number of hydrogen-bond donors (Lipinski definition) is 1. The van der Waals surface area contributed by atoms with E-state index in [0.717, 1.165) is 0 Å². The van der Waals surface area contributed by atoms with Gasteiger partial charge in [0, 0.05) is 30.2 Å². The highest BCUT2D eigenvalue weighted by atomic mass is 35.5. The van der Waals surface area contributed by atoms with Crippen LogP contribution in [0.15, 0.2) is 18.2 Å². The second-order valence-corrected chi connectivity index (χ2v) is 6.94. The summed E-state index contributed by atoms with van der Waals surface area (Å²) in [5, 5.41) is 3.46. The van der Waals surface area contributed by atoms with Gasteiger partial charge in [-0.05, 0) is 25.1 Å². The summed E-state index contributed by atoms with van der Waals surface area (Å²) in [6.45, 7) is 3.75. The van der Waals surface area contributed by atoms with Gasteiger partial charge in [0.25, 0.3) is 0 Å². The molecule has 0 saturated carbocycles. The molecule has 7 heteroatoms. The summed E-state index contributed by atoms with van der Waals surface area (Å²) in [6.07, 6.45) is 1.88. The lowest BCUT2D eigenvalue weighted by Gasteiger charge is -2.17. The molecule has 0 aromatic heterocycles. The minimum atomic E-state index is -3.13. The van der Waals surface area contributed by atoms with Gasteiger partial charge in [-0.15, -0.1) is 0 Å². The Bertz CT molecular complexity index is 537. The minimum absolute atomic E-state index is 0.337. The van der Waals surface area contributed by atoms with Gasteiger partial charge in [0.1, 0.15) is 5.82 Å². The molecule has 1 aromatic rings. The summed E-state index contributed by atoms with van der Waals surface area (Å²) >= 11 is 5.67. The summed E-state index contributed by atoms with van der Waals surface area (Å²) in [5.41, 5.74) is 0.546. The number of sulfonamides is 1. The molecule has 114 valence electrons. The maximum atomic E-state index is 13.5. The molecule has 0 radical (unpaired) electrons. The molecule has 0 unspecified atom stereocenters. The van der Waals surface area contributed by atoms with Crippen LogP contribution in [0, 0.1) is 5.82 Å². The highest BCUT2D eigenvalue weighted by molar-refractivity contribution is 7.88. The van der Waals surface area contributed by atoms with Gasteiger partial charge in [-0.25, -0.2) is 17.1 Å². The molecule has 0 atom stereocenters. The summed E-state index contributed by atoms with van der Waals surface area (Å²) in [7, 11) is -3.13. The van der Waals surface area contributed by atoms with Gasteiger partial charge in [-0.3, -0.25) is 0 Å². The number of hydrogen-bond acceptors (Lipinski definition) is 3. The van der Waals surface area contributed by atoms with Gasteiger partial charge in [0.2, 0.25) is 10.0 Å². The summed E-state index contributed by atoms with van der Waals surface area (Å²) in [4.78, 5) is 0. The maximum Gasteiger partial charge on any atom is 0.211 e. The molecule has 1 aromatic carbocycles. The first-order valence-corrected chi connectivity index (χ1v) is 8.67. The van der Waals surface area contributed by atoms with E-state index in [4.69, 9.17) is 11.6 Å². The third kappa shape index (κ3) is 5.75. The summed E-state index contributed by atoms with van der Waals surface area (Å²) < 4.78 is 37.6. The van der Waals surface area contributed by atoms with E-state index in [1.807, 2.05) is 0 Å². The van der Waals surface area contributed by atoms with E-state index in [1.165, 1.54) is 16.6 Å². The highest BCUT2D eigenvalue weighted by Gasteiger charge is 2.13. The number of halogens is 2. The average Bonchev–Trinajstić information content (AvgIpc) is 2.34. The van der Waals surface area contributed by atoms with E-state index in [-0.39, 0.29) is 5.82 Å². The topological polar surface area (TPSA) is 49.4 Å². The standard InChI is InChI=1S/C13H20ClFN2O2S/c1-3-17(20(2,18)19)8-4-7-16-10-11-5-6-12(14)9-13(11)15/h5-6,9,16H,3-4,7-8,10H2,1-2H3. The number of benzene rings is 1. The number of nitrogens with zero attached hydrogens (tertiary/aromatic N) is 1. The van der Waals surface area contributed by atoms with E-state index in [0.29, 0.717) is 43.2 Å². The van der Waals surface area contributed by atoms with Crippen LogP contribution in [0.1, 0.15) is 18.9 Å². The average molecular weight is 323 g/mol. The molecule has 0 aliphatic heterocycles. The fourth-order valence-corrected chi connectivity index (χ4v) is 2.92. The van der Waals surface area contributed by atoms with Crippen molar-refractivity contribution in [2.24, 2.45) is 0 Å². The van der Waals surface area contributed by atoms with Gasteiger partial charge in [-0.2, -0.15) is 0 Å². The van der Waals surface area contributed by atoms with Crippen molar-refractivity contribution in [3.05, 3.63) is 34.6 Å². The molecule has 0 aliphatic carbocycles. The molecular weight excluding hydrogens is 303 g/mol. The zero-order chi connectivity index (χ0) is 15.2. The van der Waals surface area contributed by atoms with Crippen LogP contribution in [0.3, 0.4) is 0 Å². The van der Waals surface area contributed by atoms with Crippen molar-refractivity contribution in [3.8, 4) is 0 Å². The molecule has 0 spiro atoms. The second-order valence-electron chi connectivity index (χ2n) is 4.52. The summed E-state index contributed by atoms with van der Waals surface area (Å²) in [5.74, 6) is -0.337. The van der Waals surface area contributed by atoms with Crippen molar-refractivity contribution in [3.63, 3.8) is 0 Å². The van der Waals surface area contributed by atoms with Crippen LogP contribution in [0.25, 0.3) is 0 Å². The molecule has 0 heterocycles. The fourth-order valence-electron chi connectivity index (χ4n) is 1.83. The van der Waals surface area contributed by atoms with Crippen molar-refractivity contribution in [1.29, 1.82) is 0 Å². The predicted molar refractivity (Wildman–Crippen MR) is 79.8 cm³/mol. The van der Waals surface area contributed by atoms with Crippen LogP contribution in [-0.4, -0.2) is 38.6 Å². The quantitative estimate of drug-likeness (QED) is 0.747. The first-order valence-electron chi connectivity index (χ1n) is 6.44. The molecule has 4 nitrogen and oxygen atoms in total. The maximum absolute atomic E-state index is 13.5. The first kappa shape index (κ1) is 17.4. The smallest absolute Gasteiger partial charge is 0.211 e. The second kappa shape index (κ2) is 7.93. The normalized spacial score (nSPS) is 12.1. The SMILES string of the molecule is CCN(CCCNCc1ccc(Cl)cc1F)S(C)(=O)=O. The number of nitrogens with one attached hydrogen (secondary N) is 1. The van der Waals surface area contributed by atoms with Crippen molar-refractivity contribution in [2.45, 2.75) is 19.9 Å². The largest absolute Gasteiger partial charge is 0.313 e. The zero-order valence-corrected chi connectivity index (χ0v) is 13.3. The summed E-state index contributed by atoms with van der Waals surface area (Å²) in [6, 6.07) is 4.56. The predicted octanol–water partition coefficient (Wildman–Crippen LogP) is 2.24. The van der Waals surface area contributed by atoms with Gasteiger partial charge in [0.15, 0.2) is 0 Å². The Hall–Kier alpha value is -0.690. The highest BCUT2D eigenvalue weighted by Crippen LogP contribution is 2.14. The molecule has 0 amide bonds. The molecule has 0 bridgehead atoms. The van der Waals surface area contributed by atoms with Crippen LogP contribution >= 0.6 is 11.6 Å². The Labute approximate surface area is 125 Å². The van der Waals surface area contributed by atoms with E-state index in [2.05, 4.69) is 5.32 Å². The monoisotopic (exact) mass is 322 g/mol. The van der Waals surface area contributed by atoms with Crippen LogP contribution < -0.4 is 5.32 Å². The Kier molecular flexibility index (Phi) is 6.88. The molecular formula is C13H20ClFN2O2S. The third-order valence-corrected chi connectivity index (χ3v) is 4.53. The van der Waals surface area contributed by atoms with Crippen molar-refractivity contribution >= 4 is 21.6 Å². The Morgan fingerprint density at radius 2 is 2.10 bits per heavy atom. The lowest BCUT2D eigenvalue weighted by Crippen LogP contribution is -2.32. The third-order valence-electron chi connectivity index (χ3n) is 2.91. The molecule has 0 aliphatic rings. The first-order chi connectivity index (χ1) is 9.34. The van der Waals surface area contributed by atoms with Crippen molar-refractivity contribution in [1.82, 2.24) is 9.62 Å². The minimum Gasteiger partial charge on any atom is -0.313 e. The van der Waals surface area contributed by atoms with Crippen molar-refractivity contribution in [2.75, 3.05) is 25.9 Å². The Morgan fingerprint density at radius 3 is 2.65 bits per heavy atom. The van der Waals surface area contributed by atoms with Crippen LogP contribution in [0.4, 0.5) is 4.39 Å². The molecule has 1 N–H and O–H groups in total. The van der Waals surface area contributed by atoms with Crippen LogP contribution in [-0.2, 0) is 16.6 Å². The fraction of sp³-hybridized carbons (Fsp3) is 0.538. The van der Waals surface area contributed by atoms with Crippen molar-refractivity contribution < 1.29 is 12.8 Å². The van der Waals surface area contributed by atoms with Crippen LogP contribution in [0.2, 0.25) is 5.02 Å².